The van der Waals surface area contributed by atoms with Gasteiger partial charge >= 0.3 is 5.91 Å². The Morgan fingerprint density at radius 3 is 2.73 bits per heavy atom. The summed E-state index contributed by atoms with van der Waals surface area (Å²) in [4.78, 5) is 22.6. The van der Waals surface area contributed by atoms with E-state index >= 15 is 0 Å². The summed E-state index contributed by atoms with van der Waals surface area (Å²) in [5, 5.41) is 15.3. The van der Waals surface area contributed by atoms with Crippen LogP contribution in [0.15, 0.2) is 76.5 Å². The Balaban J connectivity index is 1.43. The Hall–Kier alpha value is -4.40. The van der Waals surface area contributed by atoms with Crippen molar-refractivity contribution in [1.82, 2.24) is 9.99 Å². The third kappa shape index (κ3) is 3.90. The number of amides is 1. The molecular formula is C21H16N4O5. The van der Waals surface area contributed by atoms with Gasteiger partial charge in [-0.3, -0.25) is 14.9 Å². The van der Waals surface area contributed by atoms with Gasteiger partial charge in [0.1, 0.15) is 11.3 Å². The van der Waals surface area contributed by atoms with Crippen molar-refractivity contribution in [2.45, 2.75) is 0 Å². The van der Waals surface area contributed by atoms with Crippen molar-refractivity contribution in [3.05, 3.63) is 88.4 Å². The summed E-state index contributed by atoms with van der Waals surface area (Å²) in [6.45, 7) is 0. The van der Waals surface area contributed by atoms with Crippen molar-refractivity contribution in [3.63, 3.8) is 0 Å². The number of benzene rings is 2. The van der Waals surface area contributed by atoms with Gasteiger partial charge in [-0.25, -0.2) is 5.43 Å². The third-order valence-electron chi connectivity index (χ3n) is 4.40. The molecule has 1 amide bonds. The highest BCUT2D eigenvalue weighted by atomic mass is 16.6. The number of ether oxygens (including phenoxy) is 1. The second-order valence-corrected chi connectivity index (χ2v) is 6.34. The first kappa shape index (κ1) is 18.9. The van der Waals surface area contributed by atoms with Crippen LogP contribution in [0.1, 0.15) is 16.1 Å². The Kier molecular flexibility index (Phi) is 5.00. The maximum atomic E-state index is 12.2. The lowest BCUT2D eigenvalue weighted by Gasteiger charge is -2.04. The van der Waals surface area contributed by atoms with Crippen molar-refractivity contribution in [1.29, 1.82) is 0 Å². The van der Waals surface area contributed by atoms with Crippen LogP contribution >= 0.6 is 0 Å². The summed E-state index contributed by atoms with van der Waals surface area (Å²) in [5.41, 5.74) is 4.43. The minimum absolute atomic E-state index is 0.0125. The fourth-order valence-electron chi connectivity index (χ4n) is 2.88. The van der Waals surface area contributed by atoms with Crippen molar-refractivity contribution in [2.24, 2.45) is 5.10 Å². The number of hydrogen-bond acceptors (Lipinski definition) is 6. The number of carbonyl (C=O) groups is 1. The number of nitrogens with zero attached hydrogens (tertiary/aromatic N) is 3. The number of fused-ring (bicyclic) bond motifs is 1. The van der Waals surface area contributed by atoms with E-state index in [0.717, 1.165) is 17.0 Å². The molecule has 0 spiro atoms. The zero-order valence-corrected chi connectivity index (χ0v) is 15.8. The van der Waals surface area contributed by atoms with E-state index in [0.29, 0.717) is 11.0 Å². The largest absolute Gasteiger partial charge is 0.497 e. The number of furan rings is 1. The number of aromatic nitrogens is 1. The van der Waals surface area contributed by atoms with Gasteiger partial charge in [-0.05, 0) is 42.5 Å². The summed E-state index contributed by atoms with van der Waals surface area (Å²) in [5.74, 6) is 0.230. The number of rotatable bonds is 6. The van der Waals surface area contributed by atoms with Crippen LogP contribution in [-0.4, -0.2) is 28.7 Å². The van der Waals surface area contributed by atoms with Crippen LogP contribution in [0.2, 0.25) is 0 Å². The topological polar surface area (TPSA) is 112 Å². The molecule has 150 valence electrons. The minimum atomic E-state index is -0.556. The van der Waals surface area contributed by atoms with Gasteiger partial charge in [-0.1, -0.05) is 0 Å². The number of nitro groups is 1. The van der Waals surface area contributed by atoms with Gasteiger partial charge in [0.15, 0.2) is 5.76 Å². The monoisotopic (exact) mass is 404 g/mol. The van der Waals surface area contributed by atoms with Crippen LogP contribution in [0.4, 0.5) is 5.69 Å². The van der Waals surface area contributed by atoms with Crippen molar-refractivity contribution >= 4 is 28.8 Å². The molecule has 2 heterocycles. The van der Waals surface area contributed by atoms with Crippen molar-refractivity contribution in [3.8, 4) is 11.4 Å². The molecule has 0 radical (unpaired) electrons. The molecule has 2 aromatic carbocycles. The van der Waals surface area contributed by atoms with Crippen LogP contribution < -0.4 is 10.2 Å². The van der Waals surface area contributed by atoms with E-state index in [-0.39, 0.29) is 11.4 Å². The minimum Gasteiger partial charge on any atom is -0.497 e. The molecule has 2 aromatic heterocycles. The summed E-state index contributed by atoms with van der Waals surface area (Å²) in [7, 11) is 1.61. The van der Waals surface area contributed by atoms with Crippen LogP contribution in [0.25, 0.3) is 16.7 Å². The highest BCUT2D eigenvalue weighted by Gasteiger charge is 2.14. The molecule has 0 aliphatic rings. The molecule has 0 saturated carbocycles. The predicted octanol–water partition coefficient (Wildman–Crippen LogP) is 3.90. The molecular weight excluding hydrogens is 388 g/mol. The fourth-order valence-corrected chi connectivity index (χ4v) is 2.88. The molecule has 0 saturated heterocycles. The Morgan fingerprint density at radius 2 is 2.00 bits per heavy atom. The normalized spacial score (nSPS) is 11.1. The SMILES string of the molecule is COc1ccc(-n2ccc(/C=N\NC(=O)c3cc4cc([N+](=O)[O-])ccc4o3)c2)cc1. The van der Waals surface area contributed by atoms with Crippen LogP contribution in [0.5, 0.6) is 5.75 Å². The van der Waals surface area contributed by atoms with Gasteiger partial charge in [0, 0.05) is 41.2 Å². The maximum absolute atomic E-state index is 12.2. The number of non-ortho nitro benzene ring substituents is 1. The Labute approximate surface area is 170 Å². The summed E-state index contributed by atoms with van der Waals surface area (Å²) in [6, 6.07) is 15.0. The fraction of sp³-hybridized carbons (Fsp3) is 0.0476. The molecule has 9 nitrogen and oxygen atoms in total. The van der Waals surface area contributed by atoms with E-state index in [1.165, 1.54) is 30.5 Å². The van der Waals surface area contributed by atoms with Crippen molar-refractivity contribution in [2.75, 3.05) is 7.11 Å². The van der Waals surface area contributed by atoms with E-state index in [9.17, 15) is 14.9 Å². The molecule has 0 aliphatic heterocycles. The Morgan fingerprint density at radius 1 is 1.20 bits per heavy atom. The molecule has 4 aromatic rings. The van der Waals surface area contributed by atoms with E-state index in [1.807, 2.05) is 47.3 Å². The lowest BCUT2D eigenvalue weighted by molar-refractivity contribution is -0.384. The average molecular weight is 404 g/mol. The lowest BCUT2D eigenvalue weighted by Crippen LogP contribution is -2.16. The van der Waals surface area contributed by atoms with Gasteiger partial charge < -0.3 is 13.7 Å². The van der Waals surface area contributed by atoms with Gasteiger partial charge in [0.05, 0.1) is 18.2 Å². The number of carbonyl (C=O) groups excluding carboxylic acids is 1. The van der Waals surface area contributed by atoms with E-state index in [1.54, 1.807) is 7.11 Å². The zero-order valence-electron chi connectivity index (χ0n) is 15.8. The van der Waals surface area contributed by atoms with Crippen LogP contribution in [0.3, 0.4) is 0 Å². The molecule has 30 heavy (non-hydrogen) atoms. The van der Waals surface area contributed by atoms with Crippen LogP contribution in [-0.2, 0) is 0 Å². The number of methoxy groups -OCH3 is 1. The van der Waals surface area contributed by atoms with E-state index in [2.05, 4.69) is 10.5 Å². The van der Waals surface area contributed by atoms with E-state index < -0.39 is 10.8 Å². The molecule has 4 rings (SSSR count). The molecule has 0 atom stereocenters. The number of hydrazone groups is 1. The first-order chi connectivity index (χ1) is 14.5. The lowest BCUT2D eigenvalue weighted by atomic mass is 10.2. The second kappa shape index (κ2) is 7.92. The van der Waals surface area contributed by atoms with Gasteiger partial charge in [-0.15, -0.1) is 0 Å². The summed E-state index contributed by atoms with van der Waals surface area (Å²) >= 11 is 0. The zero-order chi connectivity index (χ0) is 21.1. The summed E-state index contributed by atoms with van der Waals surface area (Å²) in [6.07, 6.45) is 5.24. The highest BCUT2D eigenvalue weighted by molar-refractivity contribution is 5.97. The Bertz CT molecular complexity index is 1250. The highest BCUT2D eigenvalue weighted by Crippen LogP contribution is 2.24. The maximum Gasteiger partial charge on any atom is 0.307 e. The smallest absolute Gasteiger partial charge is 0.307 e. The number of nitro benzene ring substituents is 1. The van der Waals surface area contributed by atoms with Gasteiger partial charge in [0.2, 0.25) is 0 Å². The molecule has 9 heteroatoms. The molecule has 0 unspecified atom stereocenters. The average Bonchev–Trinajstić information content (AvgIpc) is 3.40. The van der Waals surface area contributed by atoms with Crippen LogP contribution in [0, 0.1) is 10.1 Å². The molecule has 0 fully saturated rings. The second-order valence-electron chi connectivity index (χ2n) is 6.34. The standard InChI is InChI=1S/C21H16N4O5/c1-29-18-5-2-16(3-6-18)24-9-8-14(13-24)12-22-23-21(26)20-11-15-10-17(25(27)28)4-7-19(15)30-20/h2-13H,1H3,(H,23,26)/b22-12-. The van der Waals surface area contributed by atoms with E-state index in [4.69, 9.17) is 9.15 Å². The molecule has 0 bridgehead atoms. The van der Waals surface area contributed by atoms with Crippen molar-refractivity contribution < 1.29 is 18.9 Å². The third-order valence-corrected chi connectivity index (χ3v) is 4.40. The predicted molar refractivity (Wildman–Crippen MR) is 110 cm³/mol. The molecule has 0 aliphatic carbocycles. The first-order valence-electron chi connectivity index (χ1n) is 8.87. The number of hydrogen-bond donors (Lipinski definition) is 1. The van der Waals surface area contributed by atoms with Gasteiger partial charge in [-0.2, -0.15) is 5.10 Å². The summed E-state index contributed by atoms with van der Waals surface area (Å²) < 4.78 is 12.5. The molecule has 1 N–H and O–H groups in total. The first-order valence-corrected chi connectivity index (χ1v) is 8.87. The van der Waals surface area contributed by atoms with Gasteiger partial charge in [0.25, 0.3) is 5.69 Å². The number of nitrogens with one attached hydrogen (secondary N) is 1. The quantitative estimate of drug-likeness (QED) is 0.297.